The number of hydrogen-bond acceptors (Lipinski definition) is 1. The zero-order chi connectivity index (χ0) is 12.5. The molecule has 3 nitrogen and oxygen atoms in total. The van der Waals surface area contributed by atoms with E-state index >= 15 is 0 Å². The molecule has 0 saturated carbocycles. The van der Waals surface area contributed by atoms with Crippen LogP contribution in [0, 0.1) is 11.3 Å². The lowest BCUT2D eigenvalue weighted by atomic mass is 10.4. The summed E-state index contributed by atoms with van der Waals surface area (Å²) in [5, 5.41) is 17.2. The summed E-state index contributed by atoms with van der Waals surface area (Å²) in [6, 6.07) is -0.281. The van der Waals surface area contributed by atoms with Crippen molar-refractivity contribution in [1.29, 1.82) is 5.26 Å². The van der Waals surface area contributed by atoms with Crippen molar-refractivity contribution >= 4 is 11.6 Å². The predicted molar refractivity (Wildman–Crippen MR) is 40.3 cm³/mol. The smallest absolute Gasteiger partial charge is 0.309 e. The molecule has 0 N–H and O–H groups in total. The summed E-state index contributed by atoms with van der Waals surface area (Å²) in [7, 11) is 0. The first-order chi connectivity index (χ1) is 7.45. The van der Waals surface area contributed by atoms with E-state index in [1.807, 2.05) is 0 Å². The molecule has 0 radical (unpaired) electrons. The van der Waals surface area contributed by atoms with Gasteiger partial charge in [0.25, 0.3) is 0 Å². The van der Waals surface area contributed by atoms with E-state index in [1.165, 1.54) is 11.9 Å². The van der Waals surface area contributed by atoms with Crippen molar-refractivity contribution in [3.63, 3.8) is 0 Å². The minimum absolute atomic E-state index is 0.568. The molecule has 0 bridgehead atoms. The van der Waals surface area contributed by atoms with E-state index in [-0.39, 0.29) is 0 Å². The highest BCUT2D eigenvalue weighted by Gasteiger charge is 2.01. The van der Waals surface area contributed by atoms with E-state index in [0.717, 1.165) is 0 Å². The van der Waals surface area contributed by atoms with Gasteiger partial charge in [-0.05, 0) is 0 Å². The first kappa shape index (κ1) is 3.00. The Hall–Kier alpha value is -1.91. The summed E-state index contributed by atoms with van der Waals surface area (Å²) >= 11 is 0. The second kappa shape index (κ2) is 3.31. The van der Waals surface area contributed by atoms with Crippen molar-refractivity contribution in [2.45, 2.75) is 0 Å². The van der Waals surface area contributed by atoms with Crippen LogP contribution in [0.1, 0.15) is 6.85 Å². The molecule has 0 amide bonds. The molecule has 0 atom stereocenters. The summed E-state index contributed by atoms with van der Waals surface area (Å²) in [6.45, 7) is 0. The fraction of sp³-hybridized carbons (Fsp3) is 0. The van der Waals surface area contributed by atoms with Crippen LogP contribution in [0.4, 0.5) is 0 Å². The fourth-order valence-electron chi connectivity index (χ4n) is 0.464. The SMILES string of the molecule is [2H]c1c([2H])c([2H])[n+](C(=C=[N-])C#N)c([2H])c1[2H]. The third-order valence-corrected chi connectivity index (χ3v) is 0.896. The van der Waals surface area contributed by atoms with E-state index in [9.17, 15) is 0 Å². The Kier molecular flexibility index (Phi) is 0.901. The quantitative estimate of drug-likeness (QED) is 0.326. The van der Waals surface area contributed by atoms with Crippen LogP contribution in [0.15, 0.2) is 30.5 Å². The van der Waals surface area contributed by atoms with Crippen molar-refractivity contribution in [2.75, 3.05) is 0 Å². The average Bonchev–Trinajstić information content (AvgIpc) is 2.29. The molecule has 1 aromatic heterocycles. The molecule has 0 unspecified atom stereocenters. The van der Waals surface area contributed by atoms with E-state index in [4.69, 9.17) is 17.5 Å². The standard InChI is InChI=1S/C8H5N3/c9-6-8(7-10)11-4-2-1-3-5-11/h1-5H/i1D,2D,3D,4D,5D. The molecule has 0 aliphatic carbocycles. The number of nitrogens with zero attached hydrogens (tertiary/aromatic N) is 3. The third-order valence-electron chi connectivity index (χ3n) is 0.896. The van der Waals surface area contributed by atoms with E-state index < -0.39 is 36.2 Å². The maximum Gasteiger partial charge on any atom is 0.309 e. The molecule has 1 heterocycles. The molecule has 0 spiro atoms. The second-order valence-corrected chi connectivity index (χ2v) is 1.51. The van der Waals surface area contributed by atoms with Crippen LogP contribution in [0.25, 0.3) is 11.1 Å². The van der Waals surface area contributed by atoms with Crippen molar-refractivity contribution < 1.29 is 11.4 Å². The molecule has 1 aromatic rings. The van der Waals surface area contributed by atoms with Crippen LogP contribution in [0.3, 0.4) is 0 Å². The van der Waals surface area contributed by atoms with Gasteiger partial charge in [0, 0.05) is 12.1 Å². The van der Waals surface area contributed by atoms with Gasteiger partial charge in [0.05, 0.1) is 4.11 Å². The van der Waals surface area contributed by atoms with Crippen LogP contribution in [-0.2, 0) is 0 Å². The summed E-state index contributed by atoms with van der Waals surface area (Å²) in [4.78, 5) is 0. The summed E-state index contributed by atoms with van der Waals surface area (Å²) in [5.74, 6) is 1.47. The minimum atomic E-state index is -0.621. The molecule has 0 aromatic carbocycles. The van der Waals surface area contributed by atoms with Gasteiger partial charge in [-0.1, -0.05) is 6.04 Å². The molecule has 0 fully saturated rings. The largest absolute Gasteiger partial charge is 0.757 e. The Morgan fingerprint density at radius 2 is 2.09 bits per heavy atom. The Morgan fingerprint density at radius 3 is 2.55 bits per heavy atom. The van der Waals surface area contributed by atoms with Crippen molar-refractivity contribution in [1.82, 2.24) is 0 Å². The van der Waals surface area contributed by atoms with Gasteiger partial charge >= 0.3 is 5.70 Å². The molecule has 52 valence electrons. The summed E-state index contributed by atoms with van der Waals surface area (Å²) in [6.07, 6.45) is -1.24. The highest BCUT2D eigenvalue weighted by molar-refractivity contribution is 5.84. The number of nitriles is 1. The lowest BCUT2D eigenvalue weighted by Crippen LogP contribution is -2.30. The van der Waals surface area contributed by atoms with Gasteiger partial charge in [-0.15, -0.1) is 0 Å². The predicted octanol–water partition coefficient (Wildman–Crippen LogP) is 0.578. The first-order valence-electron chi connectivity index (χ1n) is 5.12. The zero-order valence-electron chi connectivity index (χ0n) is 10.3. The lowest BCUT2D eigenvalue weighted by molar-refractivity contribution is -0.575. The lowest BCUT2D eigenvalue weighted by Gasteiger charge is -1.87. The number of aromatic nitrogens is 1. The minimum Gasteiger partial charge on any atom is -0.757 e. The Bertz CT molecular complexity index is 525. The average molecular weight is 148 g/mol. The van der Waals surface area contributed by atoms with Crippen LogP contribution < -0.4 is 4.57 Å². The Morgan fingerprint density at radius 1 is 1.45 bits per heavy atom. The van der Waals surface area contributed by atoms with Crippen molar-refractivity contribution in [3.8, 4) is 6.07 Å². The maximum atomic E-state index is 8.61. The Labute approximate surface area is 71.4 Å². The van der Waals surface area contributed by atoms with Crippen LogP contribution in [-0.4, -0.2) is 5.87 Å². The Balaban J connectivity index is 3.80. The normalized spacial score (nSPS) is 14.3. The van der Waals surface area contributed by atoms with Gasteiger partial charge in [0.2, 0.25) is 0 Å². The molecule has 0 aliphatic rings. The number of rotatable bonds is 1. The number of hydrogen-bond donors (Lipinski definition) is 0. The van der Waals surface area contributed by atoms with Gasteiger partial charge in [0.1, 0.15) is 2.74 Å². The molecule has 0 saturated heterocycles. The molecule has 11 heavy (non-hydrogen) atoms. The van der Waals surface area contributed by atoms with Gasteiger partial charge in [0.15, 0.2) is 18.4 Å². The van der Waals surface area contributed by atoms with E-state index in [1.54, 1.807) is 0 Å². The van der Waals surface area contributed by atoms with Gasteiger partial charge in [-0.3, -0.25) is 0 Å². The highest BCUT2D eigenvalue weighted by atomic mass is 14.9. The van der Waals surface area contributed by atoms with E-state index in [0.29, 0.717) is 4.57 Å². The van der Waals surface area contributed by atoms with Crippen LogP contribution in [0.5, 0.6) is 0 Å². The molecule has 1 rings (SSSR count). The fourth-order valence-corrected chi connectivity index (χ4v) is 0.464. The third kappa shape index (κ3) is 1.51. The van der Waals surface area contributed by atoms with Crippen molar-refractivity contribution in [3.05, 3.63) is 35.9 Å². The zero-order valence-corrected chi connectivity index (χ0v) is 5.34. The van der Waals surface area contributed by atoms with Gasteiger partial charge < -0.3 is 5.41 Å². The van der Waals surface area contributed by atoms with Gasteiger partial charge in [-0.2, -0.15) is 15.7 Å². The monoisotopic (exact) mass is 148 g/mol. The molecular weight excluding hydrogens is 138 g/mol. The molecule has 0 aliphatic heterocycles. The van der Waals surface area contributed by atoms with Crippen LogP contribution in [0.2, 0.25) is 0 Å². The van der Waals surface area contributed by atoms with Crippen LogP contribution >= 0.6 is 0 Å². The molecular formula is C8H5N3. The molecule has 3 heteroatoms. The second-order valence-electron chi connectivity index (χ2n) is 1.51. The van der Waals surface area contributed by atoms with Gasteiger partial charge in [-0.25, -0.2) is 0 Å². The van der Waals surface area contributed by atoms with Crippen molar-refractivity contribution in [2.24, 2.45) is 0 Å². The topological polar surface area (TPSA) is 50.0 Å². The summed E-state index contributed by atoms with van der Waals surface area (Å²) in [5.41, 5.74) is -0.572. The number of pyridine rings is 1. The maximum absolute atomic E-state index is 8.61. The van der Waals surface area contributed by atoms with E-state index in [2.05, 4.69) is 0 Å². The first-order valence-corrected chi connectivity index (χ1v) is 2.62. The highest BCUT2D eigenvalue weighted by Crippen LogP contribution is 1.84. The number of allylic oxidation sites excluding steroid dienone is 1. The summed E-state index contributed by atoms with van der Waals surface area (Å²) < 4.78 is 37.4.